The van der Waals surface area contributed by atoms with Gasteiger partial charge in [0.25, 0.3) is 0 Å². The van der Waals surface area contributed by atoms with Gasteiger partial charge < -0.3 is 26.8 Å². The Morgan fingerprint density at radius 1 is 0.576 bits per heavy atom. The van der Waals surface area contributed by atoms with Crippen molar-refractivity contribution in [3.05, 3.63) is 69.8 Å². The molecule has 5 rings (SSSR count). The van der Waals surface area contributed by atoms with E-state index < -0.39 is 48.5 Å². The van der Waals surface area contributed by atoms with E-state index in [9.17, 15) is 9.13 Å². The number of fused-ring (bicyclic) bond motifs is 8. The molecule has 0 spiro atoms. The van der Waals surface area contributed by atoms with Crippen LogP contribution in [0.25, 0.3) is 44.9 Å². The van der Waals surface area contributed by atoms with Crippen molar-refractivity contribution < 1.29 is 42.8 Å². The third-order valence-electron chi connectivity index (χ3n) is 9.30. The van der Waals surface area contributed by atoms with Crippen LogP contribution in [0.4, 0.5) is 0 Å². The van der Waals surface area contributed by atoms with E-state index in [0.717, 1.165) is 78.3 Å². The maximum Gasteiger partial charge on any atom is 2.00 e. The van der Waals surface area contributed by atoms with Gasteiger partial charge in [0.15, 0.2) is 33.3 Å². The predicted octanol–water partition coefficient (Wildman–Crippen LogP) is 13.2. The molecule has 59 heavy (non-hydrogen) atoms. The van der Waals surface area contributed by atoms with E-state index in [1.807, 2.05) is 12.1 Å². The second kappa shape index (κ2) is 18.5. The molecule has 0 saturated heterocycles. The molecule has 0 aliphatic carbocycles. The van der Waals surface area contributed by atoms with Crippen LogP contribution in [0, 0.1) is 13.8 Å². The molecule has 8 bridgehead atoms. The summed E-state index contributed by atoms with van der Waals surface area (Å²) in [5, 5.41) is 0. The SMILES string of the molecule is CC1=Cc2cc3[n-]c(cc4nc(cc5[n-]c(cc1n2)cc5C)C(C)=C4CCCP(=O)(O[Si](C)(C)C)O[Si](C)(C)C)c(CCCP(=O)(O[Si](C)(C)C)O[Si](C)(C)C)c3C.[Co+2]. The fourth-order valence-electron chi connectivity index (χ4n) is 7.28. The van der Waals surface area contributed by atoms with Gasteiger partial charge >= 0.3 is 32.0 Å². The summed E-state index contributed by atoms with van der Waals surface area (Å²) in [5.41, 5.74) is 13.1. The van der Waals surface area contributed by atoms with Crippen LogP contribution in [0.5, 0.6) is 0 Å². The molecule has 325 valence electrons. The minimum Gasteiger partial charge on any atom is -0.658 e. The molecule has 1 radical (unpaired) electrons. The number of allylic oxidation sites excluding steroid dienone is 3. The molecule has 17 heteroatoms. The summed E-state index contributed by atoms with van der Waals surface area (Å²) in [6, 6.07) is 10.3. The van der Waals surface area contributed by atoms with E-state index in [1.54, 1.807) is 0 Å². The van der Waals surface area contributed by atoms with Crippen molar-refractivity contribution in [1.82, 2.24) is 19.9 Å². The van der Waals surface area contributed by atoms with E-state index >= 15 is 0 Å². The molecular weight excluding hydrogens is 890 g/mol. The molecule has 5 heterocycles. The van der Waals surface area contributed by atoms with Gasteiger partial charge in [-0.1, -0.05) is 47.0 Å². The van der Waals surface area contributed by atoms with Crippen LogP contribution in [0.2, 0.25) is 78.6 Å². The van der Waals surface area contributed by atoms with E-state index in [0.29, 0.717) is 38.0 Å². The Morgan fingerprint density at radius 2 is 1.08 bits per heavy atom. The molecule has 2 aliphatic heterocycles. The zero-order chi connectivity index (χ0) is 43.2. The van der Waals surface area contributed by atoms with Crippen LogP contribution in [0.3, 0.4) is 0 Å². The van der Waals surface area contributed by atoms with Crippen LogP contribution in [-0.2, 0) is 49.2 Å². The number of hydrogen-bond donors (Lipinski definition) is 0. The summed E-state index contributed by atoms with van der Waals surface area (Å²) in [6.07, 6.45) is 5.24. The van der Waals surface area contributed by atoms with Gasteiger partial charge in [0, 0.05) is 12.3 Å². The minimum absolute atomic E-state index is 0. The third kappa shape index (κ3) is 14.1. The Hall–Kier alpha value is -1.73. The fraction of sp³-hybridized carbons (Fsp3) is 0.524. The maximum absolute atomic E-state index is 14.3. The van der Waals surface area contributed by atoms with Gasteiger partial charge in [-0.15, -0.1) is 22.1 Å². The number of hydrogen-bond acceptors (Lipinski definition) is 8. The predicted molar refractivity (Wildman–Crippen MR) is 255 cm³/mol. The molecule has 3 aromatic heterocycles. The molecule has 0 fully saturated rings. The molecular formula is C42H66CoN4O6P2Si4. The smallest absolute Gasteiger partial charge is 0.658 e. The molecule has 0 amide bonds. The number of aromatic nitrogens is 4. The van der Waals surface area contributed by atoms with Gasteiger partial charge in [0.2, 0.25) is 0 Å². The topological polar surface area (TPSA) is 125 Å². The average Bonchev–Trinajstić information content (AvgIpc) is 3.70. The van der Waals surface area contributed by atoms with Crippen LogP contribution >= 0.6 is 15.2 Å². The Bertz CT molecular complexity index is 2340. The first-order valence-electron chi connectivity index (χ1n) is 20.5. The molecule has 0 unspecified atom stereocenters. The van der Waals surface area contributed by atoms with Crippen LogP contribution in [-0.4, -0.2) is 55.6 Å². The first-order chi connectivity index (χ1) is 26.5. The first kappa shape index (κ1) is 49.9. The minimum atomic E-state index is -3.33. The van der Waals surface area contributed by atoms with Crippen LogP contribution in [0.1, 0.15) is 72.6 Å². The van der Waals surface area contributed by atoms with Crippen molar-refractivity contribution in [2.45, 2.75) is 132 Å². The second-order valence-corrected chi connectivity index (χ2v) is 42.9. The zero-order valence-corrected chi connectivity index (χ0v) is 45.0. The summed E-state index contributed by atoms with van der Waals surface area (Å²) in [4.78, 5) is 20.5. The largest absolute Gasteiger partial charge is 2.00 e. The summed E-state index contributed by atoms with van der Waals surface area (Å²) < 4.78 is 53.8. The van der Waals surface area contributed by atoms with Gasteiger partial charge in [-0.25, -0.2) is 9.97 Å². The third-order valence-corrected chi connectivity index (χ3v) is 24.2. The van der Waals surface area contributed by atoms with Gasteiger partial charge in [0.1, 0.15) is 0 Å². The summed E-state index contributed by atoms with van der Waals surface area (Å²) in [7, 11) is -15.3. The van der Waals surface area contributed by atoms with Crippen molar-refractivity contribution in [3.8, 4) is 0 Å². The molecule has 2 aliphatic rings. The van der Waals surface area contributed by atoms with Crippen molar-refractivity contribution in [2.24, 2.45) is 0 Å². The van der Waals surface area contributed by atoms with Gasteiger partial charge in [-0.05, 0) is 155 Å². The number of nitrogens with zero attached hydrogens (tertiary/aromatic N) is 4. The molecule has 0 N–H and O–H groups in total. The van der Waals surface area contributed by atoms with E-state index in [2.05, 4.69) is 131 Å². The molecule has 0 atom stereocenters. The van der Waals surface area contributed by atoms with E-state index in [1.165, 1.54) is 0 Å². The molecule has 3 aromatic rings. The monoisotopic (exact) mass is 955 g/mol. The maximum atomic E-state index is 14.3. The van der Waals surface area contributed by atoms with Crippen molar-refractivity contribution in [1.29, 1.82) is 0 Å². The molecule has 10 nitrogen and oxygen atoms in total. The zero-order valence-electron chi connectivity index (χ0n) is 38.2. The molecule has 0 aromatic carbocycles. The fourth-order valence-corrected chi connectivity index (χ4v) is 24.2. The van der Waals surface area contributed by atoms with E-state index in [-0.39, 0.29) is 16.8 Å². The average molecular weight is 956 g/mol. The van der Waals surface area contributed by atoms with Gasteiger partial charge in [-0.3, -0.25) is 9.13 Å². The summed E-state index contributed by atoms with van der Waals surface area (Å²) in [6.45, 7) is 33.0. The normalized spacial score (nSPS) is 14.5. The van der Waals surface area contributed by atoms with Crippen LogP contribution < -0.4 is 9.97 Å². The number of rotatable bonds is 16. The van der Waals surface area contributed by atoms with Crippen molar-refractivity contribution in [2.75, 3.05) is 12.3 Å². The van der Waals surface area contributed by atoms with E-state index in [4.69, 9.17) is 36.8 Å². The van der Waals surface area contributed by atoms with Crippen molar-refractivity contribution in [3.63, 3.8) is 0 Å². The quantitative estimate of drug-likeness (QED) is 0.101. The second-order valence-electron chi connectivity index (χ2n) is 19.7. The standard InChI is InChI=1S/C42H66N4O6P2Si4.Co/c1-29-23-34-26-39-31(3)35(19-17-21-53(47,49-55(5,6)7)50-56(8,9)10)41(45-39)28-42-36(20-18-22-54(48,51-57(11,12)13)52-58(14,15)16)32(4)40(46-42)27-38-30(2)24-33(44-38)25-37(29)43-34;/h23-28H,17-22H2,1-16H3;/q-2;+2. The van der Waals surface area contributed by atoms with Gasteiger partial charge in [-0.2, -0.15) is 0 Å². The Balaban J connectivity index is 0.00000769. The Morgan fingerprint density at radius 3 is 1.61 bits per heavy atom. The van der Waals surface area contributed by atoms with Gasteiger partial charge in [0.05, 0.1) is 22.8 Å². The number of aryl methyl sites for hydroxylation is 3. The van der Waals surface area contributed by atoms with Crippen molar-refractivity contribution >= 4 is 93.3 Å². The first-order valence-corrected chi connectivity index (χ1v) is 37.6. The summed E-state index contributed by atoms with van der Waals surface area (Å²) in [5.74, 6) is 0. The molecule has 0 saturated carbocycles. The summed E-state index contributed by atoms with van der Waals surface area (Å²) >= 11 is 0. The Kier molecular flexibility index (Phi) is 15.7. The Labute approximate surface area is 368 Å². The van der Waals surface area contributed by atoms with Crippen LogP contribution in [0.15, 0.2) is 30.3 Å².